The van der Waals surface area contributed by atoms with Gasteiger partial charge in [-0.1, -0.05) is 11.3 Å². The van der Waals surface area contributed by atoms with Gasteiger partial charge in [0.15, 0.2) is 5.13 Å². The molecule has 0 radical (unpaired) electrons. The van der Waals surface area contributed by atoms with E-state index in [0.29, 0.717) is 0 Å². The second kappa shape index (κ2) is 3.97. The molecule has 0 saturated carbocycles. The molecule has 0 aliphatic carbocycles. The highest BCUT2D eigenvalue weighted by Crippen LogP contribution is 2.17. The van der Waals surface area contributed by atoms with E-state index in [1.165, 1.54) is 0 Å². The summed E-state index contributed by atoms with van der Waals surface area (Å²) >= 11 is 0.831. The molecule has 1 rings (SSSR count). The molecular formula is C6H6N2O4S. The lowest BCUT2D eigenvalue weighted by Crippen LogP contribution is -2.14. The van der Waals surface area contributed by atoms with E-state index in [0.717, 1.165) is 17.5 Å². The van der Waals surface area contributed by atoms with Crippen molar-refractivity contribution in [2.45, 2.75) is 0 Å². The van der Waals surface area contributed by atoms with Gasteiger partial charge in [-0.2, -0.15) is 0 Å². The average molecular weight is 202 g/mol. The summed E-state index contributed by atoms with van der Waals surface area (Å²) in [6, 6.07) is 0. The van der Waals surface area contributed by atoms with Crippen LogP contribution in [0.4, 0.5) is 5.13 Å². The van der Waals surface area contributed by atoms with Crippen molar-refractivity contribution in [1.29, 1.82) is 0 Å². The van der Waals surface area contributed by atoms with E-state index in [1.54, 1.807) is 0 Å². The molecule has 0 spiro atoms. The number of rotatable bonds is 3. The minimum Gasteiger partial charge on any atom is -0.477 e. The highest BCUT2D eigenvalue weighted by molar-refractivity contribution is 7.17. The van der Waals surface area contributed by atoms with Crippen LogP contribution in [0.15, 0.2) is 6.20 Å². The number of carboxylic acids is 1. The molecule has 0 saturated heterocycles. The van der Waals surface area contributed by atoms with Crippen molar-refractivity contribution in [3.63, 3.8) is 0 Å². The molecule has 1 aromatic rings. The van der Waals surface area contributed by atoms with Crippen molar-refractivity contribution in [3.8, 4) is 0 Å². The van der Waals surface area contributed by atoms with Gasteiger partial charge in [0.2, 0.25) is 0 Å². The Kier molecular flexibility index (Phi) is 2.93. The van der Waals surface area contributed by atoms with Crippen molar-refractivity contribution in [1.82, 2.24) is 4.98 Å². The Morgan fingerprint density at radius 2 is 2.31 bits per heavy atom. The molecule has 3 N–H and O–H groups in total. The van der Waals surface area contributed by atoms with Gasteiger partial charge in [0.05, 0.1) is 6.20 Å². The number of aliphatic hydroxyl groups is 1. The summed E-state index contributed by atoms with van der Waals surface area (Å²) in [6.07, 6.45) is 1.14. The third-order valence-corrected chi connectivity index (χ3v) is 2.01. The molecule has 0 bridgehead atoms. The van der Waals surface area contributed by atoms with Gasteiger partial charge in [0, 0.05) is 0 Å². The number of nitrogens with zero attached hydrogens (tertiary/aromatic N) is 1. The summed E-state index contributed by atoms with van der Waals surface area (Å²) < 4.78 is 0. The Bertz CT molecular complexity index is 335. The summed E-state index contributed by atoms with van der Waals surface area (Å²) in [5.74, 6) is -1.71. The van der Waals surface area contributed by atoms with Gasteiger partial charge in [-0.15, -0.1) is 0 Å². The molecule has 1 heterocycles. The third-order valence-electron chi connectivity index (χ3n) is 1.11. The van der Waals surface area contributed by atoms with E-state index < -0.39 is 18.5 Å². The molecule has 6 nitrogen and oxygen atoms in total. The summed E-state index contributed by atoms with van der Waals surface area (Å²) in [4.78, 5) is 24.7. The fourth-order valence-corrected chi connectivity index (χ4v) is 1.26. The molecule has 0 aromatic carbocycles. The van der Waals surface area contributed by atoms with Gasteiger partial charge in [0.25, 0.3) is 5.91 Å². The van der Waals surface area contributed by atoms with Crippen LogP contribution < -0.4 is 5.32 Å². The van der Waals surface area contributed by atoms with Gasteiger partial charge in [-0.3, -0.25) is 10.1 Å². The lowest BCUT2D eigenvalue weighted by Gasteiger charge is -1.94. The largest absolute Gasteiger partial charge is 0.477 e. The number of carbonyl (C=O) groups is 2. The highest BCUT2D eigenvalue weighted by Gasteiger charge is 2.09. The minimum absolute atomic E-state index is 0.0354. The Labute approximate surface area is 76.8 Å². The number of aromatic carboxylic acids is 1. The summed E-state index contributed by atoms with van der Waals surface area (Å²) in [5, 5.41) is 19.2. The molecule has 70 valence electrons. The molecule has 1 aromatic heterocycles. The zero-order valence-electron chi connectivity index (χ0n) is 6.35. The normalized spacial score (nSPS) is 9.62. The Morgan fingerprint density at radius 3 is 2.77 bits per heavy atom. The first kappa shape index (κ1) is 9.62. The molecule has 0 atom stereocenters. The van der Waals surface area contributed by atoms with E-state index in [2.05, 4.69) is 10.3 Å². The molecule has 0 aliphatic heterocycles. The number of hydrogen-bond acceptors (Lipinski definition) is 5. The number of carbonyl (C=O) groups excluding carboxylic acids is 1. The zero-order valence-corrected chi connectivity index (χ0v) is 7.17. The van der Waals surface area contributed by atoms with Crippen LogP contribution >= 0.6 is 11.3 Å². The van der Waals surface area contributed by atoms with Crippen molar-refractivity contribution in [2.24, 2.45) is 0 Å². The maximum atomic E-state index is 10.6. The lowest BCUT2D eigenvalue weighted by atomic mass is 10.6. The number of aromatic nitrogens is 1. The number of amides is 1. The van der Waals surface area contributed by atoms with E-state index in [9.17, 15) is 9.59 Å². The molecular weight excluding hydrogens is 196 g/mol. The zero-order chi connectivity index (χ0) is 9.84. The second-order valence-corrected chi connectivity index (χ2v) is 3.07. The predicted octanol–water partition coefficient (Wildman–Crippen LogP) is -0.228. The SMILES string of the molecule is O=C(CO)Nc1ncc(C(=O)O)s1. The second-order valence-electron chi connectivity index (χ2n) is 2.04. The van der Waals surface area contributed by atoms with Gasteiger partial charge in [-0.25, -0.2) is 9.78 Å². The summed E-state index contributed by atoms with van der Waals surface area (Å²) in [6.45, 7) is -0.651. The summed E-state index contributed by atoms with van der Waals surface area (Å²) in [5.41, 5.74) is 0. The quantitative estimate of drug-likeness (QED) is 0.628. The Morgan fingerprint density at radius 1 is 1.62 bits per heavy atom. The van der Waals surface area contributed by atoms with E-state index in [1.807, 2.05) is 0 Å². The van der Waals surface area contributed by atoms with Gasteiger partial charge in [0.1, 0.15) is 11.5 Å². The van der Waals surface area contributed by atoms with Crippen LogP contribution in [0.5, 0.6) is 0 Å². The van der Waals surface area contributed by atoms with Crippen LogP contribution in [0, 0.1) is 0 Å². The Balaban J connectivity index is 2.69. The van der Waals surface area contributed by atoms with Gasteiger partial charge < -0.3 is 10.2 Å². The van der Waals surface area contributed by atoms with Crippen LogP contribution in [0.1, 0.15) is 9.67 Å². The van der Waals surface area contributed by atoms with Crippen molar-refractivity contribution in [2.75, 3.05) is 11.9 Å². The van der Waals surface area contributed by atoms with Crippen LogP contribution in [-0.2, 0) is 4.79 Å². The predicted molar refractivity (Wildman–Crippen MR) is 44.8 cm³/mol. The topological polar surface area (TPSA) is 99.5 Å². The van der Waals surface area contributed by atoms with Crippen molar-refractivity contribution in [3.05, 3.63) is 11.1 Å². The monoisotopic (exact) mass is 202 g/mol. The number of anilines is 1. The molecule has 1 amide bonds. The van der Waals surface area contributed by atoms with Crippen LogP contribution in [0.25, 0.3) is 0 Å². The highest BCUT2D eigenvalue weighted by atomic mass is 32.1. The van der Waals surface area contributed by atoms with Crippen molar-refractivity contribution >= 4 is 28.3 Å². The standard InChI is InChI=1S/C6H6N2O4S/c9-2-4(10)8-6-7-1-3(13-6)5(11)12/h1,9H,2H2,(H,11,12)(H,7,8,10). The number of carboxylic acid groups (broad SMARTS) is 1. The van der Waals surface area contributed by atoms with E-state index in [4.69, 9.17) is 10.2 Å². The maximum absolute atomic E-state index is 10.6. The molecule has 0 fully saturated rings. The number of hydrogen-bond donors (Lipinski definition) is 3. The average Bonchev–Trinajstić information content (AvgIpc) is 2.52. The van der Waals surface area contributed by atoms with Crippen LogP contribution in [0.2, 0.25) is 0 Å². The first-order valence-electron chi connectivity index (χ1n) is 3.23. The molecule has 7 heteroatoms. The van der Waals surface area contributed by atoms with Crippen molar-refractivity contribution < 1.29 is 19.8 Å². The van der Waals surface area contributed by atoms with E-state index >= 15 is 0 Å². The first-order valence-corrected chi connectivity index (χ1v) is 4.05. The molecule has 0 aliphatic rings. The van der Waals surface area contributed by atoms with Gasteiger partial charge in [-0.05, 0) is 0 Å². The first-order chi connectivity index (χ1) is 6.13. The fourth-order valence-electron chi connectivity index (χ4n) is 0.590. The van der Waals surface area contributed by atoms with Gasteiger partial charge >= 0.3 is 5.97 Å². The number of aliphatic hydroxyl groups excluding tert-OH is 1. The van der Waals surface area contributed by atoms with Crippen LogP contribution in [-0.4, -0.2) is 33.7 Å². The number of nitrogens with one attached hydrogen (secondary N) is 1. The maximum Gasteiger partial charge on any atom is 0.347 e. The lowest BCUT2D eigenvalue weighted by molar-refractivity contribution is -0.118. The Hall–Kier alpha value is -1.47. The number of thiazole rings is 1. The molecule has 13 heavy (non-hydrogen) atoms. The third kappa shape index (κ3) is 2.49. The summed E-state index contributed by atoms with van der Waals surface area (Å²) in [7, 11) is 0. The smallest absolute Gasteiger partial charge is 0.347 e. The van der Waals surface area contributed by atoms with E-state index in [-0.39, 0.29) is 10.0 Å². The van der Waals surface area contributed by atoms with Crippen LogP contribution in [0.3, 0.4) is 0 Å². The molecule has 0 unspecified atom stereocenters. The fraction of sp³-hybridized carbons (Fsp3) is 0.167. The minimum atomic E-state index is -1.10.